The van der Waals surface area contributed by atoms with Crippen molar-refractivity contribution in [1.82, 2.24) is 10.1 Å². The number of rotatable bonds is 6. The fourth-order valence-corrected chi connectivity index (χ4v) is 2.13. The highest BCUT2D eigenvalue weighted by Gasteiger charge is 2.12. The van der Waals surface area contributed by atoms with E-state index in [2.05, 4.69) is 10.1 Å². The largest absolute Gasteiger partial charge is 0.497 e. The number of halogens is 1. The molecule has 128 valence electrons. The summed E-state index contributed by atoms with van der Waals surface area (Å²) < 4.78 is 28.1. The molecule has 0 radical (unpaired) electrons. The zero-order chi connectivity index (χ0) is 17.6. The third-order valence-corrected chi connectivity index (χ3v) is 3.43. The van der Waals surface area contributed by atoms with Crippen LogP contribution < -0.4 is 4.74 Å². The lowest BCUT2D eigenvalue weighted by atomic mass is 10.1. The van der Waals surface area contributed by atoms with Crippen molar-refractivity contribution < 1.29 is 23.2 Å². The van der Waals surface area contributed by atoms with Gasteiger partial charge in [-0.1, -0.05) is 17.3 Å². The maximum Gasteiger partial charge on any atom is 0.310 e. The number of hydrogen-bond donors (Lipinski definition) is 0. The van der Waals surface area contributed by atoms with Crippen LogP contribution >= 0.6 is 0 Å². The topological polar surface area (TPSA) is 74.5 Å². The van der Waals surface area contributed by atoms with E-state index in [-0.39, 0.29) is 24.7 Å². The average Bonchev–Trinajstić information content (AvgIpc) is 3.11. The molecule has 0 aliphatic heterocycles. The van der Waals surface area contributed by atoms with Gasteiger partial charge in [0.2, 0.25) is 5.82 Å². The van der Waals surface area contributed by atoms with Crippen molar-refractivity contribution >= 4 is 5.97 Å². The number of ether oxygens (including phenoxy) is 2. The number of esters is 1. The van der Waals surface area contributed by atoms with Crippen LogP contribution in [0.5, 0.6) is 5.75 Å². The van der Waals surface area contributed by atoms with E-state index in [9.17, 15) is 9.18 Å². The van der Waals surface area contributed by atoms with E-state index in [1.807, 2.05) is 0 Å². The number of carbonyl (C=O) groups excluding carboxylic acids is 1. The van der Waals surface area contributed by atoms with Gasteiger partial charge in [0, 0.05) is 5.56 Å². The van der Waals surface area contributed by atoms with Crippen LogP contribution in [-0.2, 0) is 22.6 Å². The molecule has 0 aliphatic rings. The summed E-state index contributed by atoms with van der Waals surface area (Å²) in [7, 11) is 1.59. The minimum absolute atomic E-state index is 0.0414. The minimum Gasteiger partial charge on any atom is -0.497 e. The molecule has 0 fully saturated rings. The molecule has 0 spiro atoms. The summed E-state index contributed by atoms with van der Waals surface area (Å²) in [4.78, 5) is 16.0. The van der Waals surface area contributed by atoms with Crippen molar-refractivity contribution in [2.75, 3.05) is 7.11 Å². The zero-order valence-corrected chi connectivity index (χ0v) is 13.4. The lowest BCUT2D eigenvalue weighted by molar-refractivity contribution is -0.144. The molecule has 3 rings (SSSR count). The van der Waals surface area contributed by atoms with Gasteiger partial charge in [-0.3, -0.25) is 4.79 Å². The first kappa shape index (κ1) is 16.6. The number of methoxy groups -OCH3 is 1. The predicted molar refractivity (Wildman–Crippen MR) is 86.2 cm³/mol. The van der Waals surface area contributed by atoms with Crippen molar-refractivity contribution in [2.45, 2.75) is 13.0 Å². The first-order valence-corrected chi connectivity index (χ1v) is 7.51. The molecule has 1 aromatic heterocycles. The summed E-state index contributed by atoms with van der Waals surface area (Å²) in [6.07, 6.45) is 0.0414. The molecular weight excluding hydrogens is 327 g/mol. The highest BCUT2D eigenvalue weighted by Crippen LogP contribution is 2.19. The Hall–Kier alpha value is -3.22. The molecule has 0 aliphatic carbocycles. The Morgan fingerprint density at radius 1 is 1.12 bits per heavy atom. The van der Waals surface area contributed by atoms with E-state index >= 15 is 0 Å². The van der Waals surface area contributed by atoms with E-state index in [1.165, 1.54) is 24.3 Å². The number of carbonyl (C=O) groups is 1. The molecule has 3 aromatic rings. The van der Waals surface area contributed by atoms with Crippen LogP contribution in [0.25, 0.3) is 11.4 Å². The van der Waals surface area contributed by atoms with E-state index in [1.54, 1.807) is 31.4 Å². The molecule has 0 saturated carbocycles. The Balaban J connectivity index is 1.55. The van der Waals surface area contributed by atoms with Crippen LogP contribution in [0, 0.1) is 5.82 Å². The number of aromatic nitrogens is 2. The number of hydrogen-bond acceptors (Lipinski definition) is 6. The van der Waals surface area contributed by atoms with Gasteiger partial charge in [-0.25, -0.2) is 4.39 Å². The molecule has 25 heavy (non-hydrogen) atoms. The molecule has 0 N–H and O–H groups in total. The van der Waals surface area contributed by atoms with Gasteiger partial charge in [0.05, 0.1) is 13.5 Å². The van der Waals surface area contributed by atoms with Crippen LogP contribution in [0.2, 0.25) is 0 Å². The van der Waals surface area contributed by atoms with Gasteiger partial charge in [0.15, 0.2) is 6.61 Å². The fraction of sp³-hybridized carbons (Fsp3) is 0.167. The molecule has 7 heteroatoms. The Morgan fingerprint density at radius 3 is 2.52 bits per heavy atom. The van der Waals surface area contributed by atoms with Gasteiger partial charge >= 0.3 is 5.97 Å². The third-order valence-electron chi connectivity index (χ3n) is 3.43. The van der Waals surface area contributed by atoms with Crippen molar-refractivity contribution in [2.24, 2.45) is 0 Å². The van der Waals surface area contributed by atoms with E-state index in [0.717, 1.165) is 11.3 Å². The molecule has 2 aromatic carbocycles. The normalized spacial score (nSPS) is 10.5. The van der Waals surface area contributed by atoms with E-state index < -0.39 is 5.97 Å². The molecular formula is C18H15FN2O4. The molecule has 0 bridgehead atoms. The average molecular weight is 342 g/mol. The van der Waals surface area contributed by atoms with Crippen molar-refractivity contribution in [3.8, 4) is 17.1 Å². The van der Waals surface area contributed by atoms with Gasteiger partial charge in [0.1, 0.15) is 11.6 Å². The van der Waals surface area contributed by atoms with Crippen LogP contribution in [0.1, 0.15) is 11.5 Å². The molecule has 0 amide bonds. The van der Waals surface area contributed by atoms with Crippen LogP contribution in [0.15, 0.2) is 53.1 Å². The molecule has 0 unspecified atom stereocenters. The first-order chi connectivity index (χ1) is 12.1. The third kappa shape index (κ3) is 4.41. The summed E-state index contributed by atoms with van der Waals surface area (Å²) in [5.41, 5.74) is 1.42. The van der Waals surface area contributed by atoms with Gasteiger partial charge in [-0.2, -0.15) is 4.98 Å². The second-order valence-corrected chi connectivity index (χ2v) is 5.20. The van der Waals surface area contributed by atoms with Gasteiger partial charge in [-0.05, 0) is 42.0 Å². The van der Waals surface area contributed by atoms with E-state index in [0.29, 0.717) is 11.4 Å². The molecule has 1 heterocycles. The molecule has 6 nitrogen and oxygen atoms in total. The van der Waals surface area contributed by atoms with Gasteiger partial charge in [0.25, 0.3) is 5.89 Å². The fourth-order valence-electron chi connectivity index (χ4n) is 2.13. The molecule has 0 atom stereocenters. The standard InChI is InChI=1S/C18H15FN2O4/c1-23-15-8-4-13(5-9-15)18-20-16(25-21-18)11-24-17(22)10-12-2-6-14(19)7-3-12/h2-9H,10-11H2,1H3. The lowest BCUT2D eigenvalue weighted by Gasteiger charge is -2.02. The van der Waals surface area contributed by atoms with Crippen LogP contribution in [-0.4, -0.2) is 23.2 Å². The van der Waals surface area contributed by atoms with Gasteiger partial charge in [-0.15, -0.1) is 0 Å². The Labute approximate surface area is 143 Å². The lowest BCUT2D eigenvalue weighted by Crippen LogP contribution is -2.08. The minimum atomic E-state index is -0.462. The van der Waals surface area contributed by atoms with Crippen molar-refractivity contribution in [3.63, 3.8) is 0 Å². The van der Waals surface area contributed by atoms with Crippen molar-refractivity contribution in [1.29, 1.82) is 0 Å². The van der Waals surface area contributed by atoms with Crippen LogP contribution in [0.3, 0.4) is 0 Å². The van der Waals surface area contributed by atoms with Crippen molar-refractivity contribution in [3.05, 3.63) is 65.8 Å². The summed E-state index contributed by atoms with van der Waals surface area (Å²) in [5.74, 6) is 0.498. The van der Waals surface area contributed by atoms with Gasteiger partial charge < -0.3 is 14.0 Å². The predicted octanol–water partition coefficient (Wildman–Crippen LogP) is 3.17. The Morgan fingerprint density at radius 2 is 1.84 bits per heavy atom. The quantitative estimate of drug-likeness (QED) is 0.641. The second-order valence-electron chi connectivity index (χ2n) is 5.20. The summed E-state index contributed by atoms with van der Waals surface area (Å²) >= 11 is 0. The highest BCUT2D eigenvalue weighted by atomic mass is 19.1. The van der Waals surface area contributed by atoms with E-state index in [4.69, 9.17) is 14.0 Å². The maximum absolute atomic E-state index is 12.8. The number of benzene rings is 2. The SMILES string of the molecule is COc1ccc(-c2noc(COC(=O)Cc3ccc(F)cc3)n2)cc1. The Kier molecular flexibility index (Phi) is 5.03. The first-order valence-electron chi connectivity index (χ1n) is 7.51. The smallest absolute Gasteiger partial charge is 0.310 e. The monoisotopic (exact) mass is 342 g/mol. The van der Waals surface area contributed by atoms with Crippen LogP contribution in [0.4, 0.5) is 4.39 Å². The maximum atomic E-state index is 12.8. The second kappa shape index (κ2) is 7.57. The molecule has 0 saturated heterocycles. The summed E-state index contributed by atoms with van der Waals surface area (Å²) in [6, 6.07) is 12.8. The summed E-state index contributed by atoms with van der Waals surface area (Å²) in [5, 5.41) is 3.85. The highest BCUT2D eigenvalue weighted by molar-refractivity contribution is 5.72. The Bertz CT molecular complexity index is 844. The zero-order valence-electron chi connectivity index (χ0n) is 13.4. The summed E-state index contributed by atoms with van der Waals surface area (Å²) in [6.45, 7) is -0.122. The number of nitrogens with zero attached hydrogens (tertiary/aromatic N) is 2.